The average Bonchev–Trinajstić information content (AvgIpc) is 2.82. The third kappa shape index (κ3) is 1.29. The molecule has 2 heterocycles. The Bertz CT molecular complexity index is 808. The van der Waals surface area contributed by atoms with Crippen LogP contribution >= 0.6 is 0 Å². The van der Waals surface area contributed by atoms with Gasteiger partial charge in [0.1, 0.15) is 0 Å². The lowest BCUT2D eigenvalue weighted by atomic mass is 10.0. The summed E-state index contributed by atoms with van der Waals surface area (Å²) < 4.78 is 16.0. The van der Waals surface area contributed by atoms with Gasteiger partial charge in [0.05, 0.1) is 13.4 Å². The highest BCUT2D eigenvalue weighted by Gasteiger charge is 2.17. The predicted molar refractivity (Wildman–Crippen MR) is 68.3 cm³/mol. The Labute approximate surface area is 103 Å². The monoisotopic (exact) mass is 244 g/mol. The first kappa shape index (κ1) is 10.9. The molecule has 0 fully saturated rings. The molecule has 0 saturated heterocycles. The molecule has 0 saturated carbocycles. The number of aryl methyl sites for hydroxylation is 1. The Morgan fingerprint density at radius 1 is 1.17 bits per heavy atom. The van der Waals surface area contributed by atoms with Gasteiger partial charge < -0.3 is 13.6 Å². The van der Waals surface area contributed by atoms with E-state index in [1.165, 1.54) is 7.11 Å². The number of ether oxygens (including phenoxy) is 1. The molecule has 0 bridgehead atoms. The maximum Gasteiger partial charge on any atom is 0.339 e. The third-order valence-corrected chi connectivity index (χ3v) is 3.32. The first-order chi connectivity index (χ1) is 8.63. The second-order valence-corrected chi connectivity index (χ2v) is 4.26. The lowest BCUT2D eigenvalue weighted by molar-refractivity contribution is 0.402. The fraction of sp³-hybridized carbons (Fsp3) is 0.214. The number of fused-ring (bicyclic) bond motifs is 2. The van der Waals surface area contributed by atoms with Gasteiger partial charge in [0.2, 0.25) is 5.75 Å². The molecule has 0 N–H and O–H groups in total. The van der Waals surface area contributed by atoms with Gasteiger partial charge in [-0.1, -0.05) is 0 Å². The highest BCUT2D eigenvalue weighted by Crippen LogP contribution is 2.36. The van der Waals surface area contributed by atoms with Crippen LogP contribution in [0.1, 0.15) is 11.1 Å². The van der Waals surface area contributed by atoms with E-state index in [0.717, 1.165) is 16.3 Å². The molecule has 0 radical (unpaired) electrons. The minimum absolute atomic E-state index is 0.343. The van der Waals surface area contributed by atoms with E-state index in [4.69, 9.17) is 13.6 Å². The zero-order valence-corrected chi connectivity index (χ0v) is 10.4. The first-order valence-electron chi connectivity index (χ1n) is 5.61. The summed E-state index contributed by atoms with van der Waals surface area (Å²) in [5, 5.41) is 1.80. The van der Waals surface area contributed by atoms with E-state index < -0.39 is 0 Å². The van der Waals surface area contributed by atoms with Crippen molar-refractivity contribution in [1.82, 2.24) is 0 Å². The first-order valence-corrected chi connectivity index (χ1v) is 5.61. The van der Waals surface area contributed by atoms with Gasteiger partial charge in [-0.05, 0) is 31.5 Å². The maximum atomic E-state index is 11.7. The van der Waals surface area contributed by atoms with Crippen LogP contribution in [0.2, 0.25) is 0 Å². The lowest BCUT2D eigenvalue weighted by Gasteiger charge is -2.08. The summed E-state index contributed by atoms with van der Waals surface area (Å²) in [7, 11) is 1.53. The Hall–Kier alpha value is -2.23. The molecule has 3 aromatic rings. The van der Waals surface area contributed by atoms with E-state index in [1.54, 1.807) is 13.2 Å². The molecule has 92 valence electrons. The standard InChI is InChI=1S/C14H12O4/c1-7-8(2)14(15)18-12-10(7)6-9-4-5-17-11(9)13(12)16-3/h4-6H,1-3H3. The van der Waals surface area contributed by atoms with Gasteiger partial charge in [0.25, 0.3) is 0 Å². The summed E-state index contributed by atoms with van der Waals surface area (Å²) in [6, 6.07) is 3.80. The highest BCUT2D eigenvalue weighted by atomic mass is 16.5. The van der Waals surface area contributed by atoms with E-state index in [2.05, 4.69) is 0 Å². The van der Waals surface area contributed by atoms with Crippen molar-refractivity contribution in [2.45, 2.75) is 13.8 Å². The van der Waals surface area contributed by atoms with Crippen molar-refractivity contribution < 1.29 is 13.6 Å². The number of rotatable bonds is 1. The van der Waals surface area contributed by atoms with Crippen molar-refractivity contribution in [3.63, 3.8) is 0 Å². The average molecular weight is 244 g/mol. The van der Waals surface area contributed by atoms with Gasteiger partial charge in [-0.3, -0.25) is 0 Å². The summed E-state index contributed by atoms with van der Waals surface area (Å²) in [6.45, 7) is 3.66. The minimum atomic E-state index is -0.343. The second-order valence-electron chi connectivity index (χ2n) is 4.26. The van der Waals surface area contributed by atoms with Crippen LogP contribution in [0.3, 0.4) is 0 Å². The van der Waals surface area contributed by atoms with Crippen LogP contribution in [0.15, 0.2) is 32.0 Å². The minimum Gasteiger partial charge on any atom is -0.490 e. The Kier molecular flexibility index (Phi) is 2.20. The van der Waals surface area contributed by atoms with Crippen molar-refractivity contribution in [2.75, 3.05) is 7.11 Å². The summed E-state index contributed by atoms with van der Waals surface area (Å²) in [4.78, 5) is 11.7. The molecule has 0 aliphatic rings. The van der Waals surface area contributed by atoms with Crippen molar-refractivity contribution in [3.05, 3.63) is 39.9 Å². The van der Waals surface area contributed by atoms with Gasteiger partial charge in [-0.25, -0.2) is 4.79 Å². The molecule has 4 nitrogen and oxygen atoms in total. The van der Waals surface area contributed by atoms with Crippen LogP contribution in [-0.2, 0) is 0 Å². The molecular formula is C14H12O4. The van der Waals surface area contributed by atoms with Crippen LogP contribution in [-0.4, -0.2) is 7.11 Å². The number of furan rings is 1. The van der Waals surface area contributed by atoms with Crippen LogP contribution in [0, 0.1) is 13.8 Å². The van der Waals surface area contributed by atoms with Crippen LogP contribution in [0.5, 0.6) is 5.75 Å². The highest BCUT2D eigenvalue weighted by molar-refractivity contribution is 6.01. The molecule has 2 aromatic heterocycles. The summed E-state index contributed by atoms with van der Waals surface area (Å²) in [5.41, 5.74) is 2.21. The van der Waals surface area contributed by atoms with E-state index in [0.29, 0.717) is 22.5 Å². The second kappa shape index (κ2) is 3.63. The molecule has 3 rings (SSSR count). The Balaban J connectivity index is 2.64. The molecule has 0 atom stereocenters. The van der Waals surface area contributed by atoms with Crippen molar-refractivity contribution in [2.24, 2.45) is 0 Å². The summed E-state index contributed by atoms with van der Waals surface area (Å²) in [5.74, 6) is 0.465. The molecule has 0 spiro atoms. The number of benzene rings is 1. The third-order valence-electron chi connectivity index (χ3n) is 3.32. The molecule has 1 aromatic carbocycles. The van der Waals surface area contributed by atoms with E-state index in [1.807, 2.05) is 19.1 Å². The van der Waals surface area contributed by atoms with Crippen molar-refractivity contribution in [1.29, 1.82) is 0 Å². The summed E-state index contributed by atoms with van der Waals surface area (Å²) >= 11 is 0. The molecular weight excluding hydrogens is 232 g/mol. The van der Waals surface area contributed by atoms with Gasteiger partial charge in [0.15, 0.2) is 11.2 Å². The Morgan fingerprint density at radius 3 is 2.67 bits per heavy atom. The van der Waals surface area contributed by atoms with Crippen molar-refractivity contribution >= 4 is 21.9 Å². The zero-order valence-electron chi connectivity index (χ0n) is 10.4. The SMILES string of the molecule is COc1c2occc2cc2c(C)c(C)c(=O)oc12. The smallest absolute Gasteiger partial charge is 0.339 e. The normalized spacial score (nSPS) is 11.3. The van der Waals surface area contributed by atoms with Gasteiger partial charge >= 0.3 is 5.63 Å². The Morgan fingerprint density at radius 2 is 1.94 bits per heavy atom. The molecule has 0 aliphatic carbocycles. The van der Waals surface area contributed by atoms with Crippen LogP contribution in [0.25, 0.3) is 21.9 Å². The van der Waals surface area contributed by atoms with Crippen molar-refractivity contribution in [3.8, 4) is 5.75 Å². The largest absolute Gasteiger partial charge is 0.490 e. The lowest BCUT2D eigenvalue weighted by Crippen LogP contribution is -2.06. The molecule has 0 amide bonds. The van der Waals surface area contributed by atoms with Gasteiger partial charge in [-0.2, -0.15) is 0 Å². The molecule has 4 heteroatoms. The molecule has 0 unspecified atom stereocenters. The topological polar surface area (TPSA) is 52.6 Å². The fourth-order valence-corrected chi connectivity index (χ4v) is 2.15. The van der Waals surface area contributed by atoms with E-state index in [-0.39, 0.29) is 5.63 Å². The fourth-order valence-electron chi connectivity index (χ4n) is 2.15. The molecule has 0 aliphatic heterocycles. The molecule has 18 heavy (non-hydrogen) atoms. The maximum absolute atomic E-state index is 11.7. The van der Waals surface area contributed by atoms with Crippen LogP contribution < -0.4 is 10.4 Å². The summed E-state index contributed by atoms with van der Waals surface area (Å²) in [6.07, 6.45) is 1.59. The predicted octanol–water partition coefficient (Wildman–Crippen LogP) is 3.16. The number of hydrogen-bond acceptors (Lipinski definition) is 4. The zero-order chi connectivity index (χ0) is 12.9. The number of hydrogen-bond donors (Lipinski definition) is 0. The van der Waals surface area contributed by atoms with Crippen LogP contribution in [0.4, 0.5) is 0 Å². The van der Waals surface area contributed by atoms with Gasteiger partial charge in [-0.15, -0.1) is 0 Å². The van der Waals surface area contributed by atoms with E-state index >= 15 is 0 Å². The van der Waals surface area contributed by atoms with E-state index in [9.17, 15) is 4.79 Å². The quantitative estimate of drug-likeness (QED) is 0.617. The number of methoxy groups -OCH3 is 1. The van der Waals surface area contributed by atoms with Gasteiger partial charge in [0, 0.05) is 16.3 Å².